The second-order valence-corrected chi connectivity index (χ2v) is 2.83. The second-order valence-electron chi connectivity index (χ2n) is 1.35. The Morgan fingerprint density at radius 3 is 2.00 bits per heavy atom. The summed E-state index contributed by atoms with van der Waals surface area (Å²) in [4.78, 5) is 9.39. The van der Waals surface area contributed by atoms with Gasteiger partial charge >= 0.3 is 16.3 Å². The van der Waals surface area contributed by atoms with Gasteiger partial charge in [-0.15, -0.1) is 3.89 Å². The summed E-state index contributed by atoms with van der Waals surface area (Å²) in [5.41, 5.74) is 0. The molecule has 0 N–H and O–H groups in total. The van der Waals surface area contributed by atoms with E-state index in [-0.39, 0.29) is 0 Å². The fourth-order valence-electron chi connectivity index (χ4n) is 0.202. The van der Waals surface area contributed by atoms with Gasteiger partial charge in [0.2, 0.25) is 0 Å². The first kappa shape index (κ1) is 8.48. The minimum atomic E-state index is -4.68. The number of hydrogen-bond donors (Lipinski definition) is 0. The Morgan fingerprint density at radius 1 is 1.44 bits per heavy atom. The molecule has 0 aliphatic heterocycles. The van der Waals surface area contributed by atoms with Gasteiger partial charge in [0.25, 0.3) is 0 Å². The second kappa shape index (κ2) is 2.86. The molecule has 54 valence electrons. The van der Waals surface area contributed by atoms with Gasteiger partial charge in [-0.3, -0.25) is 4.79 Å². The Morgan fingerprint density at radius 2 is 1.89 bits per heavy atom. The monoisotopic (exact) mass is 158 g/mol. The van der Waals surface area contributed by atoms with Crippen molar-refractivity contribution >= 4 is 16.3 Å². The minimum Gasteiger partial charge on any atom is -0.261 e. The fourth-order valence-corrected chi connectivity index (χ4v) is 0.606. The molecule has 0 radical (unpaired) electrons. The van der Waals surface area contributed by atoms with Crippen LogP contribution in [0, 0.1) is 0 Å². The molecular formula is C3H4F2O3S. The molecule has 3 nitrogen and oxygen atoms in total. The summed E-state index contributed by atoms with van der Waals surface area (Å²) < 4.78 is 41.7. The molecule has 0 saturated carbocycles. The van der Waals surface area contributed by atoms with E-state index in [1.807, 2.05) is 0 Å². The van der Waals surface area contributed by atoms with Crippen molar-refractivity contribution < 1.29 is 21.5 Å². The van der Waals surface area contributed by atoms with E-state index in [2.05, 4.69) is 0 Å². The van der Waals surface area contributed by atoms with E-state index in [1.54, 1.807) is 0 Å². The van der Waals surface area contributed by atoms with E-state index in [0.29, 0.717) is 0 Å². The maximum absolute atomic E-state index is 11.4. The first-order valence-electron chi connectivity index (χ1n) is 2.02. The molecule has 0 fully saturated rings. The largest absolute Gasteiger partial charge is 0.302 e. The zero-order valence-corrected chi connectivity index (χ0v) is 5.12. The van der Waals surface area contributed by atoms with Crippen molar-refractivity contribution in [1.29, 1.82) is 0 Å². The Bertz CT molecular complexity index is 195. The van der Waals surface area contributed by atoms with Crippen LogP contribution in [0.1, 0.15) is 6.42 Å². The lowest BCUT2D eigenvalue weighted by molar-refractivity contribution is -0.128. The summed E-state index contributed by atoms with van der Waals surface area (Å²) in [5.74, 6) is -1.07. The standard InChI is InChI=1S/C3H4F2O3S/c4-3(6)1-2-9(5,7)8/h1-2H2. The highest BCUT2D eigenvalue weighted by Gasteiger charge is 2.09. The average Bonchev–Trinajstić information content (AvgIpc) is 1.59. The maximum Gasteiger partial charge on any atom is 0.302 e. The lowest BCUT2D eigenvalue weighted by Gasteiger charge is -1.85. The van der Waals surface area contributed by atoms with Crippen molar-refractivity contribution in [2.24, 2.45) is 0 Å². The molecular weight excluding hydrogens is 154 g/mol. The quantitative estimate of drug-likeness (QED) is 0.550. The van der Waals surface area contributed by atoms with Crippen molar-refractivity contribution in [2.75, 3.05) is 5.75 Å². The van der Waals surface area contributed by atoms with Crippen molar-refractivity contribution in [2.45, 2.75) is 6.42 Å². The third-order valence-corrected chi connectivity index (χ3v) is 1.23. The van der Waals surface area contributed by atoms with Crippen molar-refractivity contribution in [3.63, 3.8) is 0 Å². The number of halogens is 2. The van der Waals surface area contributed by atoms with Crippen LogP contribution in [-0.2, 0) is 15.0 Å². The van der Waals surface area contributed by atoms with Crippen LogP contribution in [0.5, 0.6) is 0 Å². The molecule has 0 heterocycles. The lowest BCUT2D eigenvalue weighted by atomic mass is 10.5. The molecule has 0 aromatic heterocycles. The Labute approximate surface area is 50.9 Å². The van der Waals surface area contributed by atoms with Gasteiger partial charge in [-0.25, -0.2) is 0 Å². The number of rotatable bonds is 3. The van der Waals surface area contributed by atoms with Crippen LogP contribution < -0.4 is 0 Å². The zero-order chi connectivity index (χ0) is 7.49. The zero-order valence-electron chi connectivity index (χ0n) is 4.30. The van der Waals surface area contributed by atoms with E-state index >= 15 is 0 Å². The predicted molar refractivity (Wildman–Crippen MR) is 25.6 cm³/mol. The van der Waals surface area contributed by atoms with Gasteiger partial charge < -0.3 is 0 Å². The maximum atomic E-state index is 11.4. The molecule has 0 saturated heterocycles. The number of carbonyl (C=O) groups is 1. The van der Waals surface area contributed by atoms with Crippen LogP contribution in [0.2, 0.25) is 0 Å². The van der Waals surface area contributed by atoms with Crippen LogP contribution in [0.4, 0.5) is 8.28 Å². The van der Waals surface area contributed by atoms with Crippen molar-refractivity contribution in [3.8, 4) is 0 Å². The van der Waals surface area contributed by atoms with Crippen molar-refractivity contribution in [1.82, 2.24) is 0 Å². The molecule has 0 aliphatic carbocycles. The SMILES string of the molecule is O=C(F)CCS(=O)(=O)F. The Kier molecular flexibility index (Phi) is 2.69. The van der Waals surface area contributed by atoms with Crippen LogP contribution in [-0.4, -0.2) is 20.2 Å². The van der Waals surface area contributed by atoms with Gasteiger partial charge in [0.05, 0.1) is 12.2 Å². The molecule has 0 aromatic rings. The lowest BCUT2D eigenvalue weighted by Crippen LogP contribution is -2.02. The third-order valence-electron chi connectivity index (χ3n) is 0.542. The Balaban J connectivity index is 3.67. The van der Waals surface area contributed by atoms with Gasteiger partial charge in [-0.05, 0) is 0 Å². The highest BCUT2D eigenvalue weighted by Crippen LogP contribution is 1.94. The summed E-state index contributed by atoms with van der Waals surface area (Å²) in [6.45, 7) is 0. The van der Waals surface area contributed by atoms with Crippen LogP contribution in [0.25, 0.3) is 0 Å². The first-order chi connectivity index (χ1) is 3.92. The molecule has 0 amide bonds. The van der Waals surface area contributed by atoms with Gasteiger partial charge in [0.15, 0.2) is 0 Å². The molecule has 6 heteroatoms. The number of carbonyl (C=O) groups excluding carboxylic acids is 1. The van der Waals surface area contributed by atoms with Gasteiger partial charge in [-0.1, -0.05) is 0 Å². The molecule has 0 aliphatic rings. The van der Waals surface area contributed by atoms with Crippen LogP contribution in [0.3, 0.4) is 0 Å². The smallest absolute Gasteiger partial charge is 0.261 e. The summed E-state index contributed by atoms with van der Waals surface area (Å²) in [6.07, 6.45) is -0.904. The number of hydrogen-bond acceptors (Lipinski definition) is 3. The summed E-state index contributed by atoms with van der Waals surface area (Å²) in [6, 6.07) is -1.82. The highest BCUT2D eigenvalue weighted by molar-refractivity contribution is 7.86. The highest BCUT2D eigenvalue weighted by atomic mass is 32.3. The molecule has 0 spiro atoms. The van der Waals surface area contributed by atoms with E-state index in [1.165, 1.54) is 0 Å². The molecule has 0 unspecified atom stereocenters. The third kappa shape index (κ3) is 7.48. The van der Waals surface area contributed by atoms with Crippen LogP contribution in [0.15, 0.2) is 0 Å². The van der Waals surface area contributed by atoms with E-state index in [9.17, 15) is 21.5 Å². The summed E-state index contributed by atoms with van der Waals surface area (Å²) >= 11 is 0. The molecule has 0 atom stereocenters. The predicted octanol–water partition coefficient (Wildman–Crippen LogP) is 0.172. The van der Waals surface area contributed by atoms with Crippen molar-refractivity contribution in [3.05, 3.63) is 0 Å². The van der Waals surface area contributed by atoms with E-state index in [0.717, 1.165) is 0 Å². The summed E-state index contributed by atoms with van der Waals surface area (Å²) in [5, 5.41) is 0. The van der Waals surface area contributed by atoms with Crippen LogP contribution >= 0.6 is 0 Å². The Hall–Kier alpha value is -0.520. The van der Waals surface area contributed by atoms with Gasteiger partial charge in [0.1, 0.15) is 0 Å². The normalized spacial score (nSPS) is 11.3. The molecule has 0 aromatic carbocycles. The first-order valence-corrected chi connectivity index (χ1v) is 3.58. The molecule has 0 rings (SSSR count). The van der Waals surface area contributed by atoms with Gasteiger partial charge in [0, 0.05) is 0 Å². The van der Waals surface area contributed by atoms with E-state index < -0.39 is 28.4 Å². The molecule has 9 heavy (non-hydrogen) atoms. The van der Waals surface area contributed by atoms with Gasteiger partial charge in [-0.2, -0.15) is 12.8 Å². The average molecular weight is 158 g/mol. The minimum absolute atomic E-state index is 0.904. The topological polar surface area (TPSA) is 51.2 Å². The van der Waals surface area contributed by atoms with E-state index in [4.69, 9.17) is 0 Å². The fraction of sp³-hybridized carbons (Fsp3) is 0.667. The molecule has 0 bridgehead atoms. The summed E-state index contributed by atoms with van der Waals surface area (Å²) in [7, 11) is -4.68.